The van der Waals surface area contributed by atoms with Gasteiger partial charge in [-0.15, -0.1) is 20.4 Å². The molecule has 148 valence electrons. The van der Waals surface area contributed by atoms with Crippen LogP contribution in [0.3, 0.4) is 0 Å². The molecule has 9 heteroatoms. The van der Waals surface area contributed by atoms with Gasteiger partial charge in [0.2, 0.25) is 11.8 Å². The normalized spacial score (nSPS) is 10.8. The summed E-state index contributed by atoms with van der Waals surface area (Å²) in [6.07, 6.45) is 0. The van der Waals surface area contributed by atoms with E-state index in [4.69, 9.17) is 13.9 Å². The van der Waals surface area contributed by atoms with Gasteiger partial charge in [0.15, 0.2) is 11.0 Å². The van der Waals surface area contributed by atoms with Gasteiger partial charge in [0.1, 0.15) is 18.1 Å². The molecule has 0 aliphatic rings. The van der Waals surface area contributed by atoms with Gasteiger partial charge >= 0.3 is 0 Å². The fraction of sp³-hybridized carbons (Fsp3) is 0.200. The van der Waals surface area contributed by atoms with E-state index in [1.807, 2.05) is 59.2 Å². The van der Waals surface area contributed by atoms with Crippen LogP contribution < -0.4 is 9.47 Å². The van der Waals surface area contributed by atoms with Crippen molar-refractivity contribution in [1.82, 2.24) is 25.0 Å². The maximum atomic E-state index is 5.90. The number of para-hydroxylation sites is 1. The summed E-state index contributed by atoms with van der Waals surface area (Å²) >= 11 is 1.48. The van der Waals surface area contributed by atoms with Crippen molar-refractivity contribution in [2.75, 3.05) is 7.11 Å². The molecule has 2 aromatic heterocycles. The summed E-state index contributed by atoms with van der Waals surface area (Å²) in [6, 6.07) is 17.3. The van der Waals surface area contributed by atoms with E-state index in [-0.39, 0.29) is 6.61 Å². The van der Waals surface area contributed by atoms with Crippen molar-refractivity contribution in [3.05, 3.63) is 72.2 Å². The number of benzene rings is 2. The van der Waals surface area contributed by atoms with Gasteiger partial charge in [0.25, 0.3) is 0 Å². The molecule has 8 nitrogen and oxygen atoms in total. The molecule has 0 spiro atoms. The first-order valence-corrected chi connectivity index (χ1v) is 9.90. The van der Waals surface area contributed by atoms with Gasteiger partial charge < -0.3 is 13.9 Å². The van der Waals surface area contributed by atoms with Crippen LogP contribution in [0, 0.1) is 6.92 Å². The van der Waals surface area contributed by atoms with E-state index in [2.05, 4.69) is 20.4 Å². The van der Waals surface area contributed by atoms with Crippen molar-refractivity contribution in [2.24, 2.45) is 0 Å². The molecule has 0 amide bonds. The topological polar surface area (TPSA) is 88.1 Å². The average molecular weight is 409 g/mol. The molecule has 0 saturated carbocycles. The average Bonchev–Trinajstić information content (AvgIpc) is 3.37. The van der Waals surface area contributed by atoms with E-state index in [9.17, 15) is 0 Å². The third-order valence-electron chi connectivity index (χ3n) is 4.03. The van der Waals surface area contributed by atoms with E-state index in [1.54, 1.807) is 14.0 Å². The lowest BCUT2D eigenvalue weighted by molar-refractivity contribution is 0.292. The largest absolute Gasteiger partial charge is 0.497 e. The monoisotopic (exact) mass is 409 g/mol. The molecule has 0 unspecified atom stereocenters. The predicted molar refractivity (Wildman–Crippen MR) is 107 cm³/mol. The van der Waals surface area contributed by atoms with Crippen LogP contribution in [0.5, 0.6) is 11.5 Å². The molecule has 4 rings (SSSR count). The first-order valence-electron chi connectivity index (χ1n) is 8.91. The van der Waals surface area contributed by atoms with E-state index in [0.29, 0.717) is 23.4 Å². The maximum absolute atomic E-state index is 5.90. The minimum absolute atomic E-state index is 0.272. The molecule has 0 radical (unpaired) electrons. The van der Waals surface area contributed by atoms with Crippen molar-refractivity contribution in [2.45, 2.75) is 24.4 Å². The fourth-order valence-electron chi connectivity index (χ4n) is 2.67. The third-order valence-corrected chi connectivity index (χ3v) is 4.95. The van der Waals surface area contributed by atoms with Crippen LogP contribution >= 0.6 is 11.8 Å². The fourth-order valence-corrected chi connectivity index (χ4v) is 3.47. The Balaban J connectivity index is 1.55. The molecular weight excluding hydrogens is 390 g/mol. The molecule has 0 aliphatic heterocycles. The Morgan fingerprint density at radius 3 is 2.38 bits per heavy atom. The Kier molecular flexibility index (Phi) is 5.76. The lowest BCUT2D eigenvalue weighted by Crippen LogP contribution is -2.06. The van der Waals surface area contributed by atoms with Crippen molar-refractivity contribution in [3.8, 4) is 17.2 Å². The number of aryl methyl sites for hydroxylation is 1. The minimum Gasteiger partial charge on any atom is -0.497 e. The molecule has 29 heavy (non-hydrogen) atoms. The van der Waals surface area contributed by atoms with Crippen molar-refractivity contribution in [3.63, 3.8) is 0 Å². The lowest BCUT2D eigenvalue weighted by Gasteiger charge is -2.11. The summed E-state index contributed by atoms with van der Waals surface area (Å²) in [5.41, 5.74) is 0.954. The Morgan fingerprint density at radius 1 is 0.931 bits per heavy atom. The summed E-state index contributed by atoms with van der Waals surface area (Å²) in [5.74, 6) is 3.79. The summed E-state index contributed by atoms with van der Waals surface area (Å²) in [6.45, 7) is 2.04. The zero-order chi connectivity index (χ0) is 20.1. The quantitative estimate of drug-likeness (QED) is 0.406. The number of aromatic nitrogens is 5. The van der Waals surface area contributed by atoms with Crippen LogP contribution in [0.2, 0.25) is 0 Å². The van der Waals surface area contributed by atoms with Crippen molar-refractivity contribution < 1.29 is 13.9 Å². The molecule has 2 aromatic carbocycles. The highest BCUT2D eigenvalue weighted by Crippen LogP contribution is 2.26. The highest BCUT2D eigenvalue weighted by molar-refractivity contribution is 7.98. The lowest BCUT2D eigenvalue weighted by atomic mass is 10.3. The van der Waals surface area contributed by atoms with Crippen molar-refractivity contribution >= 4 is 11.8 Å². The van der Waals surface area contributed by atoms with Gasteiger partial charge in [0, 0.05) is 12.6 Å². The second-order valence-electron chi connectivity index (χ2n) is 6.04. The number of ether oxygens (including phenoxy) is 2. The van der Waals surface area contributed by atoms with Gasteiger partial charge in [-0.05, 0) is 36.4 Å². The first kappa shape index (κ1) is 19.0. The van der Waals surface area contributed by atoms with Crippen LogP contribution in [-0.4, -0.2) is 32.1 Å². The van der Waals surface area contributed by atoms with Crippen LogP contribution in [0.1, 0.15) is 17.6 Å². The SMILES string of the molecule is COc1ccc(OCc2nnc(SCc3nnc(C)o3)n2-c2ccccc2)cc1. The van der Waals surface area contributed by atoms with Gasteiger partial charge in [-0.2, -0.15) is 0 Å². The summed E-state index contributed by atoms with van der Waals surface area (Å²) in [5, 5.41) is 17.3. The Morgan fingerprint density at radius 2 is 1.69 bits per heavy atom. The Hall–Kier alpha value is -3.33. The van der Waals surface area contributed by atoms with Gasteiger partial charge in [-0.1, -0.05) is 30.0 Å². The molecule has 0 aliphatic carbocycles. The highest BCUT2D eigenvalue weighted by atomic mass is 32.2. The van der Waals surface area contributed by atoms with E-state index in [1.165, 1.54) is 11.8 Å². The smallest absolute Gasteiger partial charge is 0.226 e. The predicted octanol–water partition coefficient (Wildman–Crippen LogP) is 3.84. The number of thioether (sulfide) groups is 1. The van der Waals surface area contributed by atoms with Crippen LogP contribution in [0.25, 0.3) is 5.69 Å². The second-order valence-corrected chi connectivity index (χ2v) is 6.98. The highest BCUT2D eigenvalue weighted by Gasteiger charge is 2.16. The van der Waals surface area contributed by atoms with Crippen LogP contribution in [0.4, 0.5) is 0 Å². The summed E-state index contributed by atoms with van der Waals surface area (Å²) < 4.78 is 18.5. The minimum atomic E-state index is 0.272. The van der Waals surface area contributed by atoms with E-state index >= 15 is 0 Å². The van der Waals surface area contributed by atoms with Gasteiger partial charge in [-0.25, -0.2) is 0 Å². The third kappa shape index (κ3) is 4.57. The Labute approximate surface area is 171 Å². The first-order chi connectivity index (χ1) is 14.2. The molecule has 0 saturated heterocycles. The Bertz CT molecular complexity index is 1060. The zero-order valence-electron chi connectivity index (χ0n) is 16.0. The van der Waals surface area contributed by atoms with E-state index < -0.39 is 0 Å². The number of hydrogen-bond donors (Lipinski definition) is 0. The second kappa shape index (κ2) is 8.78. The molecular formula is C20H19N5O3S. The molecule has 0 bridgehead atoms. The number of rotatable bonds is 8. The number of nitrogens with zero attached hydrogens (tertiary/aromatic N) is 5. The maximum Gasteiger partial charge on any atom is 0.226 e. The molecule has 0 atom stereocenters. The van der Waals surface area contributed by atoms with Gasteiger partial charge in [0.05, 0.1) is 12.9 Å². The zero-order valence-corrected chi connectivity index (χ0v) is 16.8. The number of methoxy groups -OCH3 is 1. The summed E-state index contributed by atoms with van der Waals surface area (Å²) in [7, 11) is 1.63. The summed E-state index contributed by atoms with van der Waals surface area (Å²) in [4.78, 5) is 0. The van der Waals surface area contributed by atoms with Crippen molar-refractivity contribution in [1.29, 1.82) is 0 Å². The molecule has 0 fully saturated rings. The standard InChI is InChI=1S/C20H19N5O3S/c1-14-21-23-19(28-14)13-29-20-24-22-18(25(20)15-6-4-3-5-7-15)12-27-17-10-8-16(26-2)9-11-17/h3-11H,12-13H2,1-2H3. The molecule has 0 N–H and O–H groups in total. The van der Waals surface area contributed by atoms with E-state index in [0.717, 1.165) is 22.3 Å². The van der Waals surface area contributed by atoms with Gasteiger partial charge in [-0.3, -0.25) is 4.57 Å². The molecule has 2 heterocycles. The molecule has 4 aromatic rings. The van der Waals surface area contributed by atoms with Crippen LogP contribution in [0.15, 0.2) is 64.2 Å². The number of hydrogen-bond acceptors (Lipinski definition) is 8. The van der Waals surface area contributed by atoms with Crippen LogP contribution in [-0.2, 0) is 12.4 Å².